The number of halogens is 2. The Morgan fingerprint density at radius 3 is 2.95 bits per heavy atom. The fourth-order valence-corrected chi connectivity index (χ4v) is 3.42. The van der Waals surface area contributed by atoms with E-state index in [1.165, 1.54) is 6.20 Å². The monoisotopic (exact) mass is 292 g/mol. The van der Waals surface area contributed by atoms with Gasteiger partial charge in [-0.15, -0.1) is 0 Å². The Labute approximate surface area is 123 Å². The minimum absolute atomic E-state index is 0.0537. The number of hydrazine groups is 1. The van der Waals surface area contributed by atoms with Gasteiger partial charge in [0.05, 0.1) is 17.0 Å². The van der Waals surface area contributed by atoms with E-state index in [2.05, 4.69) is 11.1 Å². The smallest absolute Gasteiger partial charge is 0.246 e. The quantitative estimate of drug-likeness (QED) is 0.859. The second-order valence-corrected chi connectivity index (χ2v) is 5.93. The molecule has 6 heteroatoms. The zero-order valence-electron chi connectivity index (χ0n) is 12.0. The van der Waals surface area contributed by atoms with E-state index in [4.69, 9.17) is 5.26 Å². The fourth-order valence-electron chi connectivity index (χ4n) is 3.42. The molecule has 0 amide bonds. The maximum absolute atomic E-state index is 13.4. The van der Waals surface area contributed by atoms with Crippen LogP contribution in [0.25, 0.3) is 0 Å². The Kier molecular flexibility index (Phi) is 3.64. The number of hydrogen-bond acceptors (Lipinski definition) is 4. The highest BCUT2D eigenvalue weighted by Crippen LogP contribution is 2.45. The normalized spacial score (nSPS) is 29.8. The lowest BCUT2D eigenvalue weighted by Gasteiger charge is -2.28. The summed E-state index contributed by atoms with van der Waals surface area (Å²) in [6.45, 7) is 3.42. The summed E-state index contributed by atoms with van der Waals surface area (Å²) in [4.78, 5) is 4.09. The third-order valence-electron chi connectivity index (χ3n) is 4.80. The average Bonchev–Trinajstić information content (AvgIpc) is 3.05. The van der Waals surface area contributed by atoms with Crippen molar-refractivity contribution in [2.75, 3.05) is 19.6 Å². The van der Waals surface area contributed by atoms with Gasteiger partial charge >= 0.3 is 0 Å². The van der Waals surface area contributed by atoms with Crippen molar-refractivity contribution in [3.05, 3.63) is 29.6 Å². The van der Waals surface area contributed by atoms with E-state index >= 15 is 0 Å². The van der Waals surface area contributed by atoms with Crippen LogP contribution in [0, 0.1) is 16.7 Å². The maximum Gasteiger partial charge on any atom is 0.246 e. The van der Waals surface area contributed by atoms with Crippen LogP contribution >= 0.6 is 0 Å². The van der Waals surface area contributed by atoms with Crippen molar-refractivity contribution >= 4 is 0 Å². The van der Waals surface area contributed by atoms with Crippen LogP contribution in [0.15, 0.2) is 18.5 Å². The molecular weight excluding hydrogens is 274 g/mol. The van der Waals surface area contributed by atoms with Crippen LogP contribution in [-0.4, -0.2) is 41.1 Å². The Bertz CT molecular complexity index is 571. The summed E-state index contributed by atoms with van der Waals surface area (Å²) < 4.78 is 26.9. The summed E-state index contributed by atoms with van der Waals surface area (Å²) in [6.07, 6.45) is 2.32. The summed E-state index contributed by atoms with van der Waals surface area (Å²) >= 11 is 0. The summed E-state index contributed by atoms with van der Waals surface area (Å²) in [7, 11) is 0. The fraction of sp³-hybridized carbons (Fsp3) is 0.600. The molecule has 3 rings (SSSR count). The van der Waals surface area contributed by atoms with Crippen molar-refractivity contribution in [3.63, 3.8) is 0 Å². The molecule has 3 heterocycles. The molecule has 2 fully saturated rings. The molecule has 21 heavy (non-hydrogen) atoms. The van der Waals surface area contributed by atoms with Crippen molar-refractivity contribution in [1.29, 1.82) is 5.26 Å². The number of hydrogen-bond donors (Lipinski definition) is 0. The van der Waals surface area contributed by atoms with Gasteiger partial charge in [-0.1, -0.05) is 6.92 Å². The van der Waals surface area contributed by atoms with Crippen LogP contribution in [0.2, 0.25) is 0 Å². The maximum atomic E-state index is 13.4. The first-order valence-electron chi connectivity index (χ1n) is 7.24. The number of nitriles is 1. The molecule has 2 aliphatic heterocycles. The highest BCUT2D eigenvalue weighted by atomic mass is 19.3. The van der Waals surface area contributed by atoms with Gasteiger partial charge in [0, 0.05) is 32.0 Å². The standard InChI is InChI=1S/C15H18F2N4/c1-2-15(14(16)17)9-20-4-3-13(21(20)10-15)12-5-11(6-18)7-19-8-12/h5,7-8,13-14H,2-4,9-10H2,1H3/t13-,15-/m0/s1. The summed E-state index contributed by atoms with van der Waals surface area (Å²) in [5, 5.41) is 13.1. The highest BCUT2D eigenvalue weighted by molar-refractivity contribution is 5.31. The molecule has 0 bridgehead atoms. The molecule has 2 saturated heterocycles. The van der Waals surface area contributed by atoms with Crippen LogP contribution in [-0.2, 0) is 0 Å². The third kappa shape index (κ3) is 2.30. The lowest BCUT2D eigenvalue weighted by Crippen LogP contribution is -2.35. The van der Waals surface area contributed by atoms with Gasteiger partial charge in [0.2, 0.25) is 6.43 Å². The minimum atomic E-state index is -2.31. The van der Waals surface area contributed by atoms with Gasteiger partial charge in [0.15, 0.2) is 0 Å². The van der Waals surface area contributed by atoms with Gasteiger partial charge in [-0.3, -0.25) is 4.98 Å². The second kappa shape index (κ2) is 5.32. The van der Waals surface area contributed by atoms with Gasteiger partial charge in [0.1, 0.15) is 6.07 Å². The second-order valence-electron chi connectivity index (χ2n) is 5.93. The first-order chi connectivity index (χ1) is 10.1. The van der Waals surface area contributed by atoms with Crippen LogP contribution in [0.3, 0.4) is 0 Å². The van der Waals surface area contributed by atoms with Gasteiger partial charge in [0.25, 0.3) is 0 Å². The third-order valence-corrected chi connectivity index (χ3v) is 4.80. The van der Waals surface area contributed by atoms with E-state index in [0.29, 0.717) is 25.1 Å². The van der Waals surface area contributed by atoms with Crippen molar-refractivity contribution in [2.24, 2.45) is 5.41 Å². The van der Waals surface area contributed by atoms with Crippen LogP contribution in [0.1, 0.15) is 36.9 Å². The van der Waals surface area contributed by atoms with Crippen molar-refractivity contribution in [2.45, 2.75) is 32.2 Å². The zero-order chi connectivity index (χ0) is 15.0. The molecule has 4 nitrogen and oxygen atoms in total. The first kappa shape index (κ1) is 14.4. The summed E-state index contributed by atoms with van der Waals surface area (Å²) in [5.74, 6) is 0. The van der Waals surface area contributed by atoms with Crippen molar-refractivity contribution < 1.29 is 8.78 Å². The predicted octanol–water partition coefficient (Wildman–Crippen LogP) is 2.59. The van der Waals surface area contributed by atoms with Crippen molar-refractivity contribution in [3.8, 4) is 6.07 Å². The lowest BCUT2D eigenvalue weighted by atomic mass is 9.85. The molecular formula is C15H18F2N4. The Morgan fingerprint density at radius 1 is 1.48 bits per heavy atom. The molecule has 0 aromatic carbocycles. The number of fused-ring (bicyclic) bond motifs is 1. The van der Waals surface area contributed by atoms with E-state index in [1.807, 2.05) is 23.0 Å². The van der Waals surface area contributed by atoms with Crippen molar-refractivity contribution in [1.82, 2.24) is 15.0 Å². The number of nitrogens with zero attached hydrogens (tertiary/aromatic N) is 4. The van der Waals surface area contributed by atoms with Crippen LogP contribution in [0.4, 0.5) is 8.78 Å². The van der Waals surface area contributed by atoms with Crippen LogP contribution in [0.5, 0.6) is 0 Å². The lowest BCUT2D eigenvalue weighted by molar-refractivity contribution is 0.00264. The average molecular weight is 292 g/mol. The Morgan fingerprint density at radius 2 is 2.29 bits per heavy atom. The molecule has 0 unspecified atom stereocenters. The molecule has 0 N–H and O–H groups in total. The largest absolute Gasteiger partial charge is 0.263 e. The SMILES string of the molecule is CC[C@]1(C(F)F)CN2CC[C@@H](c3cncc(C#N)c3)N2C1. The number of rotatable bonds is 3. The van der Waals surface area contributed by atoms with E-state index in [1.54, 1.807) is 6.20 Å². The molecule has 112 valence electrons. The van der Waals surface area contributed by atoms with Gasteiger partial charge in [-0.05, 0) is 24.5 Å². The molecule has 2 aliphatic rings. The predicted molar refractivity (Wildman–Crippen MR) is 73.3 cm³/mol. The zero-order valence-corrected chi connectivity index (χ0v) is 12.0. The number of alkyl halides is 2. The minimum Gasteiger partial charge on any atom is -0.263 e. The Balaban J connectivity index is 1.86. The molecule has 0 radical (unpaired) electrons. The molecule has 0 spiro atoms. The number of pyridine rings is 1. The van der Waals surface area contributed by atoms with E-state index < -0.39 is 11.8 Å². The summed E-state index contributed by atoms with van der Waals surface area (Å²) in [5.41, 5.74) is 0.525. The topological polar surface area (TPSA) is 43.2 Å². The molecule has 2 atom stereocenters. The van der Waals surface area contributed by atoms with E-state index in [-0.39, 0.29) is 6.04 Å². The van der Waals surface area contributed by atoms with Gasteiger partial charge in [-0.2, -0.15) is 5.26 Å². The number of aromatic nitrogens is 1. The Hall–Kier alpha value is -1.58. The molecule has 1 aromatic heterocycles. The summed E-state index contributed by atoms with van der Waals surface area (Å²) in [6, 6.07) is 3.95. The molecule has 0 aliphatic carbocycles. The van der Waals surface area contributed by atoms with Gasteiger partial charge < -0.3 is 0 Å². The van der Waals surface area contributed by atoms with E-state index in [0.717, 1.165) is 18.5 Å². The molecule has 0 saturated carbocycles. The highest BCUT2D eigenvalue weighted by Gasteiger charge is 2.52. The first-order valence-corrected chi connectivity index (χ1v) is 7.24. The van der Waals surface area contributed by atoms with Gasteiger partial charge in [-0.25, -0.2) is 18.8 Å². The molecule has 1 aromatic rings. The van der Waals surface area contributed by atoms with Crippen LogP contribution < -0.4 is 0 Å². The van der Waals surface area contributed by atoms with E-state index in [9.17, 15) is 8.78 Å².